The Morgan fingerprint density at radius 2 is 2.10 bits per heavy atom. The molecule has 0 fully saturated rings. The van der Waals surface area contributed by atoms with Gasteiger partial charge in [-0.15, -0.1) is 0 Å². The van der Waals surface area contributed by atoms with Gasteiger partial charge >= 0.3 is 0 Å². The Morgan fingerprint density at radius 3 is 2.76 bits per heavy atom. The Bertz CT molecular complexity index is 674. The Labute approximate surface area is 128 Å². The summed E-state index contributed by atoms with van der Waals surface area (Å²) in [7, 11) is 3.28. The maximum absolute atomic E-state index is 12.4. The van der Waals surface area contributed by atoms with Gasteiger partial charge in [-0.25, -0.2) is 4.98 Å². The molecule has 0 radical (unpaired) electrons. The lowest BCUT2D eigenvalue weighted by molar-refractivity contribution is 0.102. The van der Waals surface area contributed by atoms with Crippen molar-refractivity contribution in [3.63, 3.8) is 0 Å². The molecule has 0 bridgehead atoms. The molecule has 5 nitrogen and oxygen atoms in total. The molecule has 1 amide bonds. The summed E-state index contributed by atoms with van der Waals surface area (Å²) >= 11 is 6.04. The second-order valence-corrected chi connectivity index (χ2v) is 4.86. The summed E-state index contributed by atoms with van der Waals surface area (Å²) in [4.78, 5) is 16.4. The lowest BCUT2D eigenvalue weighted by Crippen LogP contribution is -2.14. The summed E-state index contributed by atoms with van der Waals surface area (Å²) < 4.78 is 5.24. The summed E-state index contributed by atoms with van der Waals surface area (Å²) in [5, 5.41) is 5.97. The van der Waals surface area contributed by atoms with Gasteiger partial charge in [-0.1, -0.05) is 17.7 Å². The molecule has 2 rings (SSSR count). The number of hydrogen-bond acceptors (Lipinski definition) is 4. The van der Waals surface area contributed by atoms with Crippen molar-refractivity contribution in [2.24, 2.45) is 0 Å². The first-order valence-electron chi connectivity index (χ1n) is 6.34. The van der Waals surface area contributed by atoms with Crippen LogP contribution in [0.15, 0.2) is 30.5 Å². The van der Waals surface area contributed by atoms with Crippen molar-refractivity contribution in [1.29, 1.82) is 0 Å². The van der Waals surface area contributed by atoms with Crippen LogP contribution in [0.4, 0.5) is 11.5 Å². The molecule has 0 aliphatic heterocycles. The number of ether oxygens (including phenoxy) is 1. The van der Waals surface area contributed by atoms with E-state index in [-0.39, 0.29) is 10.9 Å². The van der Waals surface area contributed by atoms with Crippen molar-refractivity contribution in [3.05, 3.63) is 46.6 Å². The molecule has 6 heteroatoms. The highest BCUT2D eigenvalue weighted by Crippen LogP contribution is 2.27. The standard InChI is InChI=1S/C15H16ClN3O2/c1-9-4-5-13(21-3)12(6-9)19-15(20)10-7-14(17-2)18-8-11(10)16/h4-8H,1-3H3,(H,17,18)(H,19,20). The molecule has 1 aromatic heterocycles. The number of aromatic nitrogens is 1. The van der Waals surface area contributed by atoms with Crippen molar-refractivity contribution in [1.82, 2.24) is 4.98 Å². The van der Waals surface area contributed by atoms with Crippen LogP contribution in [0.25, 0.3) is 0 Å². The number of nitrogens with zero attached hydrogens (tertiary/aromatic N) is 1. The predicted octanol–water partition coefficient (Wildman–Crippen LogP) is 3.35. The van der Waals surface area contributed by atoms with Crippen molar-refractivity contribution in [2.45, 2.75) is 6.92 Å². The van der Waals surface area contributed by atoms with E-state index in [1.54, 1.807) is 26.3 Å². The maximum Gasteiger partial charge on any atom is 0.257 e. The van der Waals surface area contributed by atoms with E-state index in [0.29, 0.717) is 22.8 Å². The van der Waals surface area contributed by atoms with E-state index in [0.717, 1.165) is 5.56 Å². The van der Waals surface area contributed by atoms with Gasteiger partial charge in [0.05, 0.1) is 23.4 Å². The van der Waals surface area contributed by atoms with Crippen molar-refractivity contribution in [3.8, 4) is 5.75 Å². The van der Waals surface area contributed by atoms with Crippen molar-refractivity contribution < 1.29 is 9.53 Å². The van der Waals surface area contributed by atoms with Gasteiger partial charge in [-0.3, -0.25) is 4.79 Å². The number of hydrogen-bond donors (Lipinski definition) is 2. The lowest BCUT2D eigenvalue weighted by atomic mass is 10.2. The first-order chi connectivity index (χ1) is 10.0. The Kier molecular flexibility index (Phi) is 4.65. The third kappa shape index (κ3) is 3.44. The molecule has 21 heavy (non-hydrogen) atoms. The second-order valence-electron chi connectivity index (χ2n) is 4.46. The Balaban J connectivity index is 2.32. The smallest absolute Gasteiger partial charge is 0.257 e. The van der Waals surface area contributed by atoms with Crippen LogP contribution in [-0.4, -0.2) is 25.0 Å². The molecule has 1 heterocycles. The van der Waals surface area contributed by atoms with Crippen LogP contribution < -0.4 is 15.4 Å². The quantitative estimate of drug-likeness (QED) is 0.909. The first-order valence-corrected chi connectivity index (χ1v) is 6.72. The number of methoxy groups -OCH3 is 1. The average molecular weight is 306 g/mol. The molecule has 0 saturated carbocycles. The molecule has 0 atom stereocenters. The average Bonchev–Trinajstić information content (AvgIpc) is 2.48. The van der Waals surface area contributed by atoms with E-state index in [4.69, 9.17) is 16.3 Å². The fourth-order valence-corrected chi connectivity index (χ4v) is 2.05. The molecule has 0 unspecified atom stereocenters. The van der Waals surface area contributed by atoms with Gasteiger partial charge in [0.25, 0.3) is 5.91 Å². The summed E-state index contributed by atoms with van der Waals surface area (Å²) in [5.74, 6) is 0.844. The van der Waals surface area contributed by atoms with Gasteiger partial charge in [0, 0.05) is 13.2 Å². The van der Waals surface area contributed by atoms with Gasteiger partial charge in [-0.2, -0.15) is 0 Å². The highest BCUT2D eigenvalue weighted by atomic mass is 35.5. The number of rotatable bonds is 4. The first kappa shape index (κ1) is 15.1. The summed E-state index contributed by atoms with van der Waals surface area (Å²) in [6.45, 7) is 1.94. The normalized spacial score (nSPS) is 10.1. The molecular weight excluding hydrogens is 290 g/mol. The van der Waals surface area contributed by atoms with Gasteiger partial charge in [0.2, 0.25) is 0 Å². The minimum atomic E-state index is -0.317. The number of halogens is 1. The topological polar surface area (TPSA) is 63.2 Å². The van der Waals surface area contributed by atoms with Crippen LogP contribution in [0.1, 0.15) is 15.9 Å². The zero-order valence-corrected chi connectivity index (χ0v) is 12.8. The summed E-state index contributed by atoms with van der Waals surface area (Å²) in [6, 6.07) is 7.15. The third-order valence-corrected chi connectivity index (χ3v) is 3.26. The van der Waals surface area contributed by atoms with E-state index in [2.05, 4.69) is 15.6 Å². The monoisotopic (exact) mass is 305 g/mol. The number of carbonyl (C=O) groups excluding carboxylic acids is 1. The van der Waals surface area contributed by atoms with E-state index in [1.165, 1.54) is 6.20 Å². The highest BCUT2D eigenvalue weighted by molar-refractivity contribution is 6.34. The molecule has 110 valence electrons. The van der Waals surface area contributed by atoms with Crippen LogP contribution in [0.2, 0.25) is 5.02 Å². The van der Waals surface area contributed by atoms with Gasteiger partial charge in [-0.05, 0) is 30.7 Å². The second kappa shape index (κ2) is 6.45. The summed E-state index contributed by atoms with van der Waals surface area (Å²) in [5.41, 5.74) is 1.96. The highest BCUT2D eigenvalue weighted by Gasteiger charge is 2.14. The van der Waals surface area contributed by atoms with Gasteiger partial charge in [0.15, 0.2) is 0 Å². The number of pyridine rings is 1. The fraction of sp³-hybridized carbons (Fsp3) is 0.200. The van der Waals surface area contributed by atoms with Crippen LogP contribution in [0, 0.1) is 6.92 Å². The predicted molar refractivity (Wildman–Crippen MR) is 84.5 cm³/mol. The Morgan fingerprint density at radius 1 is 1.33 bits per heavy atom. The van der Waals surface area contributed by atoms with Crippen molar-refractivity contribution in [2.75, 3.05) is 24.8 Å². The fourth-order valence-electron chi connectivity index (χ4n) is 1.86. The molecule has 0 spiro atoms. The maximum atomic E-state index is 12.4. The lowest BCUT2D eigenvalue weighted by Gasteiger charge is -2.12. The SMILES string of the molecule is CNc1cc(C(=O)Nc2cc(C)ccc2OC)c(Cl)cn1. The molecule has 1 aromatic carbocycles. The largest absolute Gasteiger partial charge is 0.495 e. The third-order valence-electron chi connectivity index (χ3n) is 2.96. The number of anilines is 2. The molecule has 2 aromatic rings. The number of amides is 1. The number of nitrogens with one attached hydrogen (secondary N) is 2. The van der Waals surface area contributed by atoms with Crippen molar-refractivity contribution >= 4 is 29.0 Å². The van der Waals surface area contributed by atoms with E-state index < -0.39 is 0 Å². The molecule has 0 aliphatic rings. The van der Waals surface area contributed by atoms with E-state index in [9.17, 15) is 4.79 Å². The zero-order valence-electron chi connectivity index (χ0n) is 12.0. The molecular formula is C15H16ClN3O2. The molecule has 2 N–H and O–H groups in total. The Hall–Kier alpha value is -2.27. The summed E-state index contributed by atoms with van der Waals surface area (Å²) in [6.07, 6.45) is 1.44. The minimum absolute atomic E-state index is 0.290. The van der Waals surface area contributed by atoms with Crippen LogP contribution in [0.3, 0.4) is 0 Å². The number of carbonyl (C=O) groups is 1. The van der Waals surface area contributed by atoms with Crippen LogP contribution in [0.5, 0.6) is 5.75 Å². The minimum Gasteiger partial charge on any atom is -0.495 e. The van der Waals surface area contributed by atoms with E-state index in [1.807, 2.05) is 19.1 Å². The van der Waals surface area contributed by atoms with Crippen LogP contribution >= 0.6 is 11.6 Å². The molecule has 0 saturated heterocycles. The molecule has 0 aliphatic carbocycles. The van der Waals surface area contributed by atoms with Gasteiger partial charge in [0.1, 0.15) is 11.6 Å². The van der Waals surface area contributed by atoms with E-state index >= 15 is 0 Å². The van der Waals surface area contributed by atoms with Crippen LogP contribution in [-0.2, 0) is 0 Å². The number of aryl methyl sites for hydroxylation is 1. The zero-order chi connectivity index (χ0) is 15.4. The van der Waals surface area contributed by atoms with Gasteiger partial charge < -0.3 is 15.4 Å². The number of benzene rings is 1.